The van der Waals surface area contributed by atoms with E-state index in [1.165, 1.54) is 57.8 Å². The number of piperidine rings is 1. The van der Waals surface area contributed by atoms with Gasteiger partial charge in [0.15, 0.2) is 0 Å². The van der Waals surface area contributed by atoms with E-state index in [1.54, 1.807) is 0 Å². The van der Waals surface area contributed by atoms with E-state index in [1.807, 2.05) is 0 Å². The van der Waals surface area contributed by atoms with Crippen molar-refractivity contribution in [3.63, 3.8) is 0 Å². The minimum absolute atomic E-state index is 0.962. The number of hydrogen-bond donors (Lipinski definition) is 0. The van der Waals surface area contributed by atoms with Gasteiger partial charge in [-0.2, -0.15) is 0 Å². The first-order chi connectivity index (χ1) is 8.25. The van der Waals surface area contributed by atoms with Crippen LogP contribution in [0.2, 0.25) is 0 Å². The Kier molecular flexibility index (Phi) is 3.45. The second kappa shape index (κ2) is 4.89. The van der Waals surface area contributed by atoms with Crippen LogP contribution in [-0.4, -0.2) is 48.1 Å². The summed E-state index contributed by atoms with van der Waals surface area (Å²) in [7, 11) is 4.57. The summed E-state index contributed by atoms with van der Waals surface area (Å²) in [4.78, 5) is 5.14. The molecule has 0 aliphatic carbocycles. The zero-order valence-corrected chi connectivity index (χ0v) is 11.6. The van der Waals surface area contributed by atoms with Crippen LogP contribution < -0.4 is 0 Å². The highest BCUT2D eigenvalue weighted by Gasteiger charge is 2.36. The highest BCUT2D eigenvalue weighted by Crippen LogP contribution is 2.35. The van der Waals surface area contributed by atoms with Crippen molar-refractivity contribution in [1.82, 2.24) is 9.80 Å². The van der Waals surface area contributed by atoms with Crippen molar-refractivity contribution in [2.45, 2.75) is 82.0 Å². The summed E-state index contributed by atoms with van der Waals surface area (Å²) in [6.07, 6.45) is 13.3. The van der Waals surface area contributed by atoms with Crippen LogP contribution in [0.25, 0.3) is 0 Å². The van der Waals surface area contributed by atoms with E-state index < -0.39 is 0 Å². The van der Waals surface area contributed by atoms with Gasteiger partial charge in [-0.25, -0.2) is 0 Å². The molecule has 0 radical (unpaired) electrons. The predicted molar refractivity (Wildman–Crippen MR) is 72.2 cm³/mol. The second-order valence-electron chi connectivity index (χ2n) is 6.61. The van der Waals surface area contributed by atoms with Gasteiger partial charge in [0.05, 0.1) is 0 Å². The summed E-state index contributed by atoms with van der Waals surface area (Å²) < 4.78 is 0. The Balaban J connectivity index is 0.000000107. The second-order valence-corrected chi connectivity index (χ2v) is 6.61. The first-order valence-corrected chi connectivity index (χ1v) is 7.69. The Morgan fingerprint density at radius 1 is 0.529 bits per heavy atom. The standard InChI is InChI=1S/C8H15N.C7H13N/c1-9-7-3-2-4-8(9)6-5-7;1-8-6-2-3-7(8)5-4-6/h7-8H,2-6H2,1H3;6-7H,2-5H2,1H3. The van der Waals surface area contributed by atoms with Crippen LogP contribution in [-0.2, 0) is 0 Å². The molecular formula is C15H28N2. The normalized spacial score (nSPS) is 44.8. The topological polar surface area (TPSA) is 6.48 Å². The Bertz CT molecular complexity index is 230. The van der Waals surface area contributed by atoms with Crippen LogP contribution >= 0.6 is 0 Å². The molecule has 4 aliphatic rings. The predicted octanol–water partition coefficient (Wildman–Crippen LogP) is 2.88. The Hall–Kier alpha value is -0.0800. The molecule has 4 aliphatic heterocycles. The van der Waals surface area contributed by atoms with Crippen LogP contribution in [0, 0.1) is 0 Å². The van der Waals surface area contributed by atoms with Gasteiger partial charge in [-0.15, -0.1) is 0 Å². The van der Waals surface area contributed by atoms with E-state index in [9.17, 15) is 0 Å². The lowest BCUT2D eigenvalue weighted by molar-refractivity contribution is 0.179. The van der Waals surface area contributed by atoms with E-state index in [0.717, 1.165) is 24.2 Å². The molecule has 0 N–H and O–H groups in total. The molecule has 2 nitrogen and oxygen atoms in total. The zero-order valence-electron chi connectivity index (χ0n) is 11.6. The van der Waals surface area contributed by atoms with Crippen molar-refractivity contribution >= 4 is 0 Å². The van der Waals surface area contributed by atoms with Crippen molar-refractivity contribution in [2.75, 3.05) is 14.1 Å². The fourth-order valence-corrected chi connectivity index (χ4v) is 4.55. The molecule has 0 spiro atoms. The van der Waals surface area contributed by atoms with E-state index in [4.69, 9.17) is 0 Å². The van der Waals surface area contributed by atoms with E-state index in [2.05, 4.69) is 23.9 Å². The van der Waals surface area contributed by atoms with Crippen molar-refractivity contribution in [3.8, 4) is 0 Å². The first-order valence-electron chi connectivity index (χ1n) is 7.69. The molecule has 2 heteroatoms. The average molecular weight is 236 g/mol. The number of rotatable bonds is 0. The van der Waals surface area contributed by atoms with Gasteiger partial charge in [-0.05, 0) is 65.5 Å². The Morgan fingerprint density at radius 3 is 1.06 bits per heavy atom. The molecule has 0 aromatic heterocycles. The summed E-state index contributed by atoms with van der Waals surface area (Å²) in [5.41, 5.74) is 0. The van der Waals surface area contributed by atoms with Gasteiger partial charge in [0.25, 0.3) is 0 Å². The van der Waals surface area contributed by atoms with Crippen LogP contribution in [0.4, 0.5) is 0 Å². The van der Waals surface area contributed by atoms with Crippen LogP contribution in [0.3, 0.4) is 0 Å². The summed E-state index contributed by atoms with van der Waals surface area (Å²) in [5.74, 6) is 0. The van der Waals surface area contributed by atoms with Crippen LogP contribution in [0.5, 0.6) is 0 Å². The highest BCUT2D eigenvalue weighted by atomic mass is 15.2. The third-order valence-electron chi connectivity index (χ3n) is 5.88. The summed E-state index contributed by atoms with van der Waals surface area (Å²) in [6.45, 7) is 0. The summed E-state index contributed by atoms with van der Waals surface area (Å²) in [5, 5.41) is 0. The molecule has 0 aromatic carbocycles. The maximum atomic E-state index is 2.59. The quantitative estimate of drug-likeness (QED) is 0.638. The summed E-state index contributed by atoms with van der Waals surface area (Å²) >= 11 is 0. The van der Waals surface area contributed by atoms with Gasteiger partial charge in [0.1, 0.15) is 0 Å². The van der Waals surface area contributed by atoms with Gasteiger partial charge >= 0.3 is 0 Å². The van der Waals surface area contributed by atoms with Crippen molar-refractivity contribution in [3.05, 3.63) is 0 Å². The lowest BCUT2D eigenvalue weighted by Crippen LogP contribution is -2.35. The van der Waals surface area contributed by atoms with Crippen LogP contribution in [0.15, 0.2) is 0 Å². The fourth-order valence-electron chi connectivity index (χ4n) is 4.55. The SMILES string of the molecule is CN1C2CCC1CC2.CN1C2CCCC1CC2. The van der Waals surface area contributed by atoms with E-state index >= 15 is 0 Å². The van der Waals surface area contributed by atoms with Crippen molar-refractivity contribution < 1.29 is 0 Å². The number of fused-ring (bicyclic) bond motifs is 4. The van der Waals surface area contributed by atoms with Gasteiger partial charge in [0, 0.05) is 24.2 Å². The Labute approximate surface area is 106 Å². The van der Waals surface area contributed by atoms with Crippen LogP contribution in [0.1, 0.15) is 57.8 Å². The highest BCUT2D eigenvalue weighted by molar-refractivity contribution is 4.92. The van der Waals surface area contributed by atoms with Gasteiger partial charge < -0.3 is 9.80 Å². The number of hydrogen-bond acceptors (Lipinski definition) is 2. The zero-order chi connectivity index (χ0) is 11.8. The lowest BCUT2D eigenvalue weighted by Gasteiger charge is -2.30. The summed E-state index contributed by atoms with van der Waals surface area (Å²) in [6, 6.07) is 3.87. The maximum Gasteiger partial charge on any atom is 0.00963 e. The first kappa shape index (κ1) is 12.0. The molecule has 4 bridgehead atoms. The van der Waals surface area contributed by atoms with Gasteiger partial charge in [-0.3, -0.25) is 0 Å². The molecule has 2 unspecified atom stereocenters. The third kappa shape index (κ3) is 2.26. The molecule has 0 aromatic rings. The smallest absolute Gasteiger partial charge is 0.00963 e. The molecule has 4 heterocycles. The van der Waals surface area contributed by atoms with E-state index in [-0.39, 0.29) is 0 Å². The van der Waals surface area contributed by atoms with Crippen molar-refractivity contribution in [2.24, 2.45) is 0 Å². The monoisotopic (exact) mass is 236 g/mol. The molecule has 4 rings (SSSR count). The molecular weight excluding hydrogens is 208 g/mol. The molecule has 4 fully saturated rings. The number of nitrogens with zero attached hydrogens (tertiary/aromatic N) is 2. The lowest BCUT2D eigenvalue weighted by atomic mass is 10.0. The minimum Gasteiger partial charge on any atom is -0.300 e. The molecule has 17 heavy (non-hydrogen) atoms. The van der Waals surface area contributed by atoms with Crippen molar-refractivity contribution in [1.29, 1.82) is 0 Å². The molecule has 0 saturated carbocycles. The van der Waals surface area contributed by atoms with Gasteiger partial charge in [-0.1, -0.05) is 6.42 Å². The van der Waals surface area contributed by atoms with Gasteiger partial charge in [0.2, 0.25) is 0 Å². The third-order valence-corrected chi connectivity index (χ3v) is 5.88. The maximum absolute atomic E-state index is 2.59. The minimum atomic E-state index is 0.962. The molecule has 0 amide bonds. The molecule has 4 saturated heterocycles. The van der Waals surface area contributed by atoms with E-state index in [0.29, 0.717) is 0 Å². The average Bonchev–Trinajstić information content (AvgIpc) is 2.92. The molecule has 98 valence electrons. The largest absolute Gasteiger partial charge is 0.300 e. The molecule has 2 atom stereocenters. The fraction of sp³-hybridized carbons (Fsp3) is 1.00. The Morgan fingerprint density at radius 2 is 0.824 bits per heavy atom.